The SMILES string of the molecule is CC(C)CC(C)NC(=O)N1CCCN(CC(=O)O)CC1. The molecule has 2 amide bonds. The molecule has 1 unspecified atom stereocenters. The van der Waals surface area contributed by atoms with Gasteiger partial charge in [0.25, 0.3) is 0 Å². The molecule has 6 heteroatoms. The molecule has 116 valence electrons. The number of carbonyl (C=O) groups is 2. The molecule has 1 aliphatic heterocycles. The summed E-state index contributed by atoms with van der Waals surface area (Å²) >= 11 is 0. The lowest BCUT2D eigenvalue weighted by molar-refractivity contribution is -0.138. The number of aliphatic carboxylic acids is 1. The Morgan fingerprint density at radius 3 is 2.45 bits per heavy atom. The minimum absolute atomic E-state index is 0.0321. The van der Waals surface area contributed by atoms with Crippen molar-refractivity contribution in [1.82, 2.24) is 15.1 Å². The maximum atomic E-state index is 12.2. The van der Waals surface area contributed by atoms with E-state index >= 15 is 0 Å². The number of hydrogen-bond donors (Lipinski definition) is 2. The summed E-state index contributed by atoms with van der Waals surface area (Å²) in [4.78, 5) is 26.5. The van der Waals surface area contributed by atoms with Crippen LogP contribution < -0.4 is 5.32 Å². The van der Waals surface area contributed by atoms with Crippen molar-refractivity contribution in [3.8, 4) is 0 Å². The van der Waals surface area contributed by atoms with Gasteiger partial charge in [0.15, 0.2) is 0 Å². The molecule has 0 aromatic rings. The highest BCUT2D eigenvalue weighted by Crippen LogP contribution is 2.07. The predicted molar refractivity (Wildman–Crippen MR) is 77.7 cm³/mol. The Labute approximate surface area is 121 Å². The molecule has 20 heavy (non-hydrogen) atoms. The van der Waals surface area contributed by atoms with Crippen molar-refractivity contribution in [2.45, 2.75) is 39.7 Å². The van der Waals surface area contributed by atoms with Gasteiger partial charge in [0.05, 0.1) is 6.54 Å². The van der Waals surface area contributed by atoms with Crippen molar-refractivity contribution in [1.29, 1.82) is 0 Å². The van der Waals surface area contributed by atoms with Crippen LogP contribution >= 0.6 is 0 Å². The molecule has 0 spiro atoms. The zero-order valence-corrected chi connectivity index (χ0v) is 12.8. The Balaban J connectivity index is 2.40. The van der Waals surface area contributed by atoms with E-state index in [0.29, 0.717) is 25.6 Å². The summed E-state index contributed by atoms with van der Waals surface area (Å²) in [6.07, 6.45) is 1.78. The first-order valence-electron chi connectivity index (χ1n) is 7.38. The van der Waals surface area contributed by atoms with Crippen molar-refractivity contribution >= 4 is 12.0 Å². The summed E-state index contributed by atoms with van der Waals surface area (Å²) in [5.41, 5.74) is 0. The Hall–Kier alpha value is -1.30. The average Bonchev–Trinajstić information content (AvgIpc) is 2.52. The van der Waals surface area contributed by atoms with E-state index in [1.54, 1.807) is 4.90 Å². The normalized spacial score (nSPS) is 18.7. The van der Waals surface area contributed by atoms with Crippen molar-refractivity contribution in [3.63, 3.8) is 0 Å². The largest absolute Gasteiger partial charge is 0.480 e. The number of rotatable bonds is 5. The smallest absolute Gasteiger partial charge is 0.317 e. The van der Waals surface area contributed by atoms with Gasteiger partial charge in [-0.05, 0) is 25.7 Å². The Morgan fingerprint density at radius 1 is 1.15 bits per heavy atom. The highest BCUT2D eigenvalue weighted by molar-refractivity contribution is 5.74. The Morgan fingerprint density at radius 2 is 1.85 bits per heavy atom. The topological polar surface area (TPSA) is 72.9 Å². The maximum Gasteiger partial charge on any atom is 0.317 e. The van der Waals surface area contributed by atoms with E-state index in [1.807, 2.05) is 11.8 Å². The summed E-state index contributed by atoms with van der Waals surface area (Å²) in [6, 6.07) is 0.135. The van der Waals surface area contributed by atoms with Crippen molar-refractivity contribution in [2.24, 2.45) is 5.92 Å². The van der Waals surface area contributed by atoms with Gasteiger partial charge in [-0.25, -0.2) is 4.79 Å². The lowest BCUT2D eigenvalue weighted by Crippen LogP contribution is -2.45. The van der Waals surface area contributed by atoms with Gasteiger partial charge in [0.1, 0.15) is 0 Å². The molecule has 2 N–H and O–H groups in total. The number of amides is 2. The van der Waals surface area contributed by atoms with Crippen molar-refractivity contribution in [2.75, 3.05) is 32.7 Å². The van der Waals surface area contributed by atoms with Crippen LogP contribution in [0.3, 0.4) is 0 Å². The summed E-state index contributed by atoms with van der Waals surface area (Å²) in [5, 5.41) is 11.8. The second kappa shape index (κ2) is 8.09. The van der Waals surface area contributed by atoms with Gasteiger partial charge in [0.2, 0.25) is 0 Å². The first-order valence-corrected chi connectivity index (χ1v) is 7.38. The molecule has 0 radical (unpaired) electrons. The fraction of sp³-hybridized carbons (Fsp3) is 0.857. The highest BCUT2D eigenvalue weighted by atomic mass is 16.4. The summed E-state index contributed by atoms with van der Waals surface area (Å²) in [5.74, 6) is -0.256. The molecule has 1 fully saturated rings. The van der Waals surface area contributed by atoms with Gasteiger partial charge in [-0.1, -0.05) is 13.8 Å². The van der Waals surface area contributed by atoms with Gasteiger partial charge in [-0.15, -0.1) is 0 Å². The van der Waals surface area contributed by atoms with E-state index in [1.165, 1.54) is 0 Å². The van der Waals surface area contributed by atoms with Crippen LogP contribution in [-0.4, -0.2) is 65.7 Å². The van der Waals surface area contributed by atoms with Crippen LogP contribution in [0.4, 0.5) is 4.79 Å². The van der Waals surface area contributed by atoms with Crippen molar-refractivity contribution in [3.05, 3.63) is 0 Å². The zero-order valence-electron chi connectivity index (χ0n) is 12.8. The molecule has 6 nitrogen and oxygen atoms in total. The summed E-state index contributed by atoms with van der Waals surface area (Å²) in [7, 11) is 0. The molecule has 0 aromatic carbocycles. The molecule has 1 saturated heterocycles. The molecule has 0 aromatic heterocycles. The third-order valence-electron chi connectivity index (χ3n) is 3.43. The summed E-state index contributed by atoms with van der Waals surface area (Å²) < 4.78 is 0. The minimum Gasteiger partial charge on any atom is -0.480 e. The molecule has 0 bridgehead atoms. The molecular formula is C14H27N3O3. The standard InChI is InChI=1S/C14H27N3O3/c1-11(2)9-12(3)15-14(20)17-6-4-5-16(7-8-17)10-13(18)19/h11-12H,4-10H2,1-3H3,(H,15,20)(H,18,19). The first-order chi connectivity index (χ1) is 9.38. The van der Waals surface area contributed by atoms with Crippen LogP contribution in [0, 0.1) is 5.92 Å². The lowest BCUT2D eigenvalue weighted by atomic mass is 10.1. The number of nitrogens with one attached hydrogen (secondary N) is 1. The molecule has 1 heterocycles. The second-order valence-corrected chi connectivity index (χ2v) is 5.99. The van der Waals surface area contributed by atoms with Gasteiger partial charge in [0, 0.05) is 32.2 Å². The number of urea groups is 1. The fourth-order valence-electron chi connectivity index (χ4n) is 2.59. The second-order valence-electron chi connectivity index (χ2n) is 5.99. The van der Waals surface area contributed by atoms with E-state index < -0.39 is 5.97 Å². The molecule has 1 atom stereocenters. The Kier molecular flexibility index (Phi) is 6.78. The van der Waals surface area contributed by atoms with Crippen LogP contribution in [0.15, 0.2) is 0 Å². The minimum atomic E-state index is -0.812. The zero-order chi connectivity index (χ0) is 15.1. The van der Waals surface area contributed by atoms with Gasteiger partial charge in [-0.2, -0.15) is 0 Å². The van der Waals surface area contributed by atoms with E-state index in [0.717, 1.165) is 19.4 Å². The predicted octanol–water partition coefficient (Wildman–Crippen LogP) is 1.22. The average molecular weight is 285 g/mol. The first kappa shape index (κ1) is 16.8. The monoisotopic (exact) mass is 285 g/mol. The van der Waals surface area contributed by atoms with Crippen LogP contribution in [0.5, 0.6) is 0 Å². The Bertz CT molecular complexity index is 334. The fourth-order valence-corrected chi connectivity index (χ4v) is 2.59. The van der Waals surface area contributed by atoms with Crippen molar-refractivity contribution < 1.29 is 14.7 Å². The van der Waals surface area contributed by atoms with Crippen LogP contribution in [0.1, 0.15) is 33.6 Å². The quantitative estimate of drug-likeness (QED) is 0.796. The van der Waals surface area contributed by atoms with Gasteiger partial charge in [-0.3, -0.25) is 9.69 Å². The van der Waals surface area contributed by atoms with Crippen LogP contribution in [0.2, 0.25) is 0 Å². The van der Waals surface area contributed by atoms with Crippen LogP contribution in [-0.2, 0) is 4.79 Å². The number of carboxylic acid groups (broad SMARTS) is 1. The third-order valence-corrected chi connectivity index (χ3v) is 3.43. The van der Waals surface area contributed by atoms with E-state index in [2.05, 4.69) is 19.2 Å². The van der Waals surface area contributed by atoms with E-state index in [4.69, 9.17) is 5.11 Å². The molecule has 1 aliphatic rings. The third kappa shape index (κ3) is 6.23. The van der Waals surface area contributed by atoms with Gasteiger partial charge < -0.3 is 15.3 Å². The molecule has 1 rings (SSSR count). The van der Waals surface area contributed by atoms with E-state index in [9.17, 15) is 9.59 Å². The van der Waals surface area contributed by atoms with Gasteiger partial charge >= 0.3 is 12.0 Å². The molecular weight excluding hydrogens is 258 g/mol. The molecule has 0 aliphatic carbocycles. The van der Waals surface area contributed by atoms with Crippen LogP contribution in [0.25, 0.3) is 0 Å². The highest BCUT2D eigenvalue weighted by Gasteiger charge is 2.21. The van der Waals surface area contributed by atoms with E-state index in [-0.39, 0.29) is 18.6 Å². The number of nitrogens with zero attached hydrogens (tertiary/aromatic N) is 2. The lowest BCUT2D eigenvalue weighted by Gasteiger charge is -2.24. The number of carbonyl (C=O) groups excluding carboxylic acids is 1. The molecule has 0 saturated carbocycles. The maximum absolute atomic E-state index is 12.2. The number of carboxylic acids is 1. The number of hydrogen-bond acceptors (Lipinski definition) is 3. The summed E-state index contributed by atoms with van der Waals surface area (Å²) in [6.45, 7) is 8.99.